The van der Waals surface area contributed by atoms with Crippen LogP contribution in [-0.2, 0) is 9.59 Å². The zero-order valence-corrected chi connectivity index (χ0v) is 25.8. The van der Waals surface area contributed by atoms with E-state index in [9.17, 15) is 32.3 Å². The van der Waals surface area contributed by atoms with Gasteiger partial charge in [-0.3, -0.25) is 19.4 Å². The predicted molar refractivity (Wildman–Crippen MR) is 165 cm³/mol. The van der Waals surface area contributed by atoms with E-state index in [0.29, 0.717) is 35.4 Å². The maximum atomic E-state index is 14.4. The van der Waals surface area contributed by atoms with E-state index in [2.05, 4.69) is 9.82 Å². The third-order valence-corrected chi connectivity index (χ3v) is 8.79. The predicted octanol–water partition coefficient (Wildman–Crippen LogP) is 4.57. The summed E-state index contributed by atoms with van der Waals surface area (Å²) in [5.41, 5.74) is 6.93. The molecule has 0 unspecified atom stereocenters. The van der Waals surface area contributed by atoms with Crippen molar-refractivity contribution >= 4 is 34.6 Å². The molecule has 47 heavy (non-hydrogen) atoms. The summed E-state index contributed by atoms with van der Waals surface area (Å²) in [5, 5.41) is 0.250. The Bertz CT molecular complexity index is 1880. The molecule has 2 aromatic heterocycles. The number of alkyl halides is 3. The number of carbonyl (C=O) groups excluding carboxylic acids is 4. The van der Waals surface area contributed by atoms with Gasteiger partial charge in [-0.1, -0.05) is 51.1 Å². The summed E-state index contributed by atoms with van der Waals surface area (Å²) in [4.78, 5) is 64.3. The number of amides is 3. The van der Waals surface area contributed by atoms with Gasteiger partial charge >= 0.3 is 12.1 Å². The quantitative estimate of drug-likeness (QED) is 0.327. The SMILES string of the molecule is CC(C)(C)[C@H](C(=O)N1C[C@@H]2C[C@H]1CN2C(=O)c1ccc(-c2ccccn2)cc1)c1cccc2c1cc(C(N)=O)n2OC(=O)C(F)(F)F. The van der Waals surface area contributed by atoms with Crippen LogP contribution >= 0.6 is 0 Å². The van der Waals surface area contributed by atoms with Gasteiger partial charge in [-0.2, -0.15) is 17.9 Å². The van der Waals surface area contributed by atoms with Crippen molar-refractivity contribution < 1.29 is 37.2 Å². The molecular weight excluding hydrogens is 615 g/mol. The van der Waals surface area contributed by atoms with E-state index in [0.717, 1.165) is 11.3 Å². The number of hydrogen-bond acceptors (Lipinski definition) is 6. The second-order valence-corrected chi connectivity index (χ2v) is 12.9. The van der Waals surface area contributed by atoms with Gasteiger partial charge in [0.1, 0.15) is 5.69 Å². The summed E-state index contributed by atoms with van der Waals surface area (Å²) in [6.07, 6.45) is -3.00. The number of piperazine rings is 1. The van der Waals surface area contributed by atoms with Crippen LogP contribution in [0.25, 0.3) is 22.2 Å². The van der Waals surface area contributed by atoms with Crippen LogP contribution in [0.5, 0.6) is 0 Å². The summed E-state index contributed by atoms with van der Waals surface area (Å²) in [6, 6.07) is 18.3. The fourth-order valence-electron chi connectivity index (χ4n) is 6.69. The van der Waals surface area contributed by atoms with E-state index in [1.54, 1.807) is 34.2 Å². The van der Waals surface area contributed by atoms with E-state index in [-0.39, 0.29) is 34.8 Å². The van der Waals surface area contributed by atoms with Crippen LogP contribution in [0.2, 0.25) is 0 Å². The molecule has 3 amide bonds. The normalized spacial score (nSPS) is 18.4. The van der Waals surface area contributed by atoms with E-state index in [4.69, 9.17) is 5.73 Å². The molecule has 3 atom stereocenters. The molecule has 2 aliphatic rings. The highest BCUT2D eigenvalue weighted by atomic mass is 19.4. The lowest BCUT2D eigenvalue weighted by molar-refractivity contribution is -0.199. The van der Waals surface area contributed by atoms with Gasteiger partial charge in [0.2, 0.25) is 5.91 Å². The highest BCUT2D eigenvalue weighted by Crippen LogP contribution is 2.43. The number of benzene rings is 2. The molecule has 0 radical (unpaired) electrons. The molecule has 4 heterocycles. The first kappa shape index (κ1) is 31.8. The van der Waals surface area contributed by atoms with Gasteiger partial charge in [-0.15, -0.1) is 0 Å². The van der Waals surface area contributed by atoms with Crippen molar-refractivity contribution in [3.8, 4) is 11.3 Å². The lowest BCUT2D eigenvalue weighted by atomic mass is 9.74. The summed E-state index contributed by atoms with van der Waals surface area (Å²) in [5.74, 6) is -4.78. The molecule has 0 spiro atoms. The molecule has 6 rings (SSSR count). The van der Waals surface area contributed by atoms with Crippen LogP contribution in [0.15, 0.2) is 72.9 Å². The molecule has 2 bridgehead atoms. The van der Waals surface area contributed by atoms with Crippen molar-refractivity contribution in [3.05, 3.63) is 89.7 Å². The second kappa shape index (κ2) is 11.6. The topological polar surface area (TPSA) is 128 Å². The molecule has 2 aliphatic heterocycles. The average Bonchev–Trinajstić information content (AvgIpc) is 3.74. The number of nitrogens with two attached hydrogens (primary N) is 1. The van der Waals surface area contributed by atoms with Gasteiger partial charge in [0.15, 0.2) is 0 Å². The molecule has 2 N–H and O–H groups in total. The molecular formula is C34H32F3N5O5. The van der Waals surface area contributed by atoms with Gasteiger partial charge in [0, 0.05) is 35.8 Å². The Morgan fingerprint density at radius 1 is 0.915 bits per heavy atom. The molecule has 2 fully saturated rings. The van der Waals surface area contributed by atoms with Gasteiger partial charge < -0.3 is 20.4 Å². The number of aromatic nitrogens is 2. The maximum Gasteiger partial charge on any atom is 0.493 e. The molecule has 13 heteroatoms. The Kier molecular flexibility index (Phi) is 7.81. The Morgan fingerprint density at radius 3 is 2.17 bits per heavy atom. The van der Waals surface area contributed by atoms with Crippen molar-refractivity contribution in [1.29, 1.82) is 0 Å². The van der Waals surface area contributed by atoms with Crippen LogP contribution in [0.1, 0.15) is 59.5 Å². The Balaban J connectivity index is 1.25. The Labute approximate surface area is 267 Å². The van der Waals surface area contributed by atoms with Crippen molar-refractivity contribution in [2.45, 2.75) is 51.4 Å². The third-order valence-electron chi connectivity index (χ3n) is 8.79. The fraction of sp³-hybridized carbons (Fsp3) is 0.324. The standard InChI is InChI=1S/C34H32F3N5O5/c1-33(2,3)28(23-7-6-9-26-24(23)16-27(29(38)43)42(26)47-32(46)34(35,36)37)31(45)41-18-21-15-22(41)17-40(21)30(44)20-12-10-19(11-13-20)25-8-4-5-14-39-25/h4-14,16,21-22,28H,15,17-18H2,1-3H3,(H2,38,43)/t21-,22-,28-/m0/s1. The van der Waals surface area contributed by atoms with Crippen molar-refractivity contribution in [2.24, 2.45) is 11.1 Å². The fourth-order valence-corrected chi connectivity index (χ4v) is 6.69. The number of pyridine rings is 1. The van der Waals surface area contributed by atoms with E-state index < -0.39 is 35.1 Å². The van der Waals surface area contributed by atoms with Gasteiger partial charge in [0.05, 0.1) is 29.2 Å². The average molecular weight is 648 g/mol. The number of primary amides is 1. The number of fused-ring (bicyclic) bond motifs is 3. The lowest BCUT2D eigenvalue weighted by Crippen LogP contribution is -2.52. The maximum absolute atomic E-state index is 14.4. The number of nitrogens with zero attached hydrogens (tertiary/aromatic N) is 4. The lowest BCUT2D eigenvalue weighted by Gasteiger charge is -2.39. The number of rotatable bonds is 6. The summed E-state index contributed by atoms with van der Waals surface area (Å²) < 4.78 is 39.7. The minimum Gasteiger partial charge on any atom is -0.364 e. The van der Waals surface area contributed by atoms with Gasteiger partial charge in [0.25, 0.3) is 11.8 Å². The molecule has 0 aliphatic carbocycles. The van der Waals surface area contributed by atoms with E-state index in [1.807, 2.05) is 51.1 Å². The number of carbonyl (C=O) groups is 4. The molecule has 10 nitrogen and oxygen atoms in total. The molecule has 4 aromatic rings. The van der Waals surface area contributed by atoms with Crippen LogP contribution in [0.4, 0.5) is 13.2 Å². The highest BCUT2D eigenvalue weighted by Gasteiger charge is 2.50. The van der Waals surface area contributed by atoms with Crippen LogP contribution in [0, 0.1) is 5.41 Å². The van der Waals surface area contributed by atoms with Gasteiger partial charge in [-0.25, -0.2) is 4.79 Å². The zero-order valence-electron chi connectivity index (χ0n) is 25.8. The number of hydrogen-bond donors (Lipinski definition) is 1. The largest absolute Gasteiger partial charge is 0.493 e. The third kappa shape index (κ3) is 5.81. The zero-order chi connectivity index (χ0) is 33.8. The molecule has 244 valence electrons. The molecule has 2 saturated heterocycles. The summed E-state index contributed by atoms with van der Waals surface area (Å²) in [6.45, 7) is 6.27. The van der Waals surface area contributed by atoms with Crippen LogP contribution in [0.3, 0.4) is 0 Å². The van der Waals surface area contributed by atoms with Crippen molar-refractivity contribution in [1.82, 2.24) is 19.5 Å². The minimum atomic E-state index is -5.32. The summed E-state index contributed by atoms with van der Waals surface area (Å²) >= 11 is 0. The van der Waals surface area contributed by atoms with Crippen molar-refractivity contribution in [2.75, 3.05) is 13.1 Å². The highest BCUT2D eigenvalue weighted by molar-refractivity contribution is 6.01. The minimum absolute atomic E-state index is 0.0234. The monoisotopic (exact) mass is 647 g/mol. The summed E-state index contributed by atoms with van der Waals surface area (Å²) in [7, 11) is 0. The first-order valence-electron chi connectivity index (χ1n) is 15.0. The Morgan fingerprint density at radius 2 is 1.60 bits per heavy atom. The molecule has 2 aromatic carbocycles. The Hall–Kier alpha value is -5.20. The second-order valence-electron chi connectivity index (χ2n) is 12.9. The van der Waals surface area contributed by atoms with E-state index >= 15 is 0 Å². The first-order valence-corrected chi connectivity index (χ1v) is 15.0. The number of likely N-dealkylation sites (tertiary alicyclic amines) is 2. The molecule has 0 saturated carbocycles. The van der Waals surface area contributed by atoms with Crippen LogP contribution < -0.4 is 10.6 Å². The first-order chi connectivity index (χ1) is 22.1. The van der Waals surface area contributed by atoms with Crippen LogP contribution in [-0.4, -0.2) is 74.6 Å². The smallest absolute Gasteiger partial charge is 0.364 e. The van der Waals surface area contributed by atoms with Crippen molar-refractivity contribution in [3.63, 3.8) is 0 Å². The number of halogens is 3. The van der Waals surface area contributed by atoms with E-state index in [1.165, 1.54) is 18.2 Å². The van der Waals surface area contributed by atoms with Gasteiger partial charge in [-0.05, 0) is 53.8 Å².